The van der Waals surface area contributed by atoms with Crippen molar-refractivity contribution in [3.8, 4) is 0 Å². The van der Waals surface area contributed by atoms with Crippen molar-refractivity contribution in [1.82, 2.24) is 0 Å². The summed E-state index contributed by atoms with van der Waals surface area (Å²) in [5, 5.41) is 3.30. The molecule has 1 aromatic rings. The highest BCUT2D eigenvalue weighted by Crippen LogP contribution is 2.26. The van der Waals surface area contributed by atoms with Crippen LogP contribution < -0.4 is 11.1 Å². The first kappa shape index (κ1) is 13.8. The first-order chi connectivity index (χ1) is 8.87. The highest BCUT2D eigenvalue weighted by atomic mass is 19.1. The molecular formula is C14H19FN2O2. The molecule has 0 aliphatic carbocycles. The van der Waals surface area contributed by atoms with E-state index < -0.39 is 11.7 Å². The number of rotatable bonds is 3. The predicted octanol–water partition coefficient (Wildman–Crippen LogP) is 2.29. The van der Waals surface area contributed by atoms with Crippen LogP contribution in [0.15, 0.2) is 18.2 Å². The lowest BCUT2D eigenvalue weighted by Crippen LogP contribution is -2.40. The highest BCUT2D eigenvalue weighted by Gasteiger charge is 2.28. The van der Waals surface area contributed by atoms with Gasteiger partial charge in [0.15, 0.2) is 0 Å². The van der Waals surface area contributed by atoms with Gasteiger partial charge < -0.3 is 15.8 Å². The van der Waals surface area contributed by atoms with E-state index in [0.717, 1.165) is 12.8 Å². The van der Waals surface area contributed by atoms with Gasteiger partial charge in [-0.05, 0) is 44.9 Å². The summed E-state index contributed by atoms with van der Waals surface area (Å²) in [7, 11) is 0. The van der Waals surface area contributed by atoms with Crippen molar-refractivity contribution >= 4 is 11.6 Å². The molecule has 0 bridgehead atoms. The third-order valence-electron chi connectivity index (χ3n) is 3.30. The molecule has 1 aliphatic rings. The van der Waals surface area contributed by atoms with Gasteiger partial charge in [-0.3, -0.25) is 4.79 Å². The number of nitrogens with two attached hydrogens (primary N) is 1. The minimum atomic E-state index is -0.756. The topological polar surface area (TPSA) is 64.3 Å². The zero-order valence-corrected chi connectivity index (χ0v) is 11.2. The lowest BCUT2D eigenvalue weighted by Gasteiger charge is -2.36. The van der Waals surface area contributed by atoms with Crippen molar-refractivity contribution in [1.29, 1.82) is 0 Å². The molecule has 1 heterocycles. The van der Waals surface area contributed by atoms with Gasteiger partial charge in [0, 0.05) is 18.3 Å². The van der Waals surface area contributed by atoms with Crippen LogP contribution in [0.5, 0.6) is 0 Å². The van der Waals surface area contributed by atoms with E-state index >= 15 is 0 Å². The van der Waals surface area contributed by atoms with Gasteiger partial charge in [0.1, 0.15) is 5.82 Å². The van der Waals surface area contributed by atoms with Crippen LogP contribution in [0.4, 0.5) is 10.1 Å². The maximum absolute atomic E-state index is 13.4. The fourth-order valence-corrected chi connectivity index (χ4v) is 2.39. The van der Waals surface area contributed by atoms with Crippen LogP contribution >= 0.6 is 0 Å². The SMILES string of the molecule is CC1(C)CC(Nc2ccc(F)c(C(N)=O)c2)CCO1. The van der Waals surface area contributed by atoms with E-state index in [1.807, 2.05) is 13.8 Å². The number of carbonyl (C=O) groups is 1. The van der Waals surface area contributed by atoms with E-state index in [1.165, 1.54) is 12.1 Å². The van der Waals surface area contributed by atoms with Crippen molar-refractivity contribution < 1.29 is 13.9 Å². The lowest BCUT2D eigenvalue weighted by atomic mass is 9.93. The molecule has 1 aliphatic heterocycles. The second kappa shape index (κ2) is 5.17. The number of benzene rings is 1. The van der Waals surface area contributed by atoms with Gasteiger partial charge >= 0.3 is 0 Å². The zero-order valence-electron chi connectivity index (χ0n) is 11.2. The quantitative estimate of drug-likeness (QED) is 0.882. The van der Waals surface area contributed by atoms with E-state index in [0.29, 0.717) is 12.3 Å². The molecule has 4 nitrogen and oxygen atoms in total. The number of hydrogen-bond acceptors (Lipinski definition) is 3. The Kier molecular flexibility index (Phi) is 3.75. The minimum absolute atomic E-state index is 0.0867. The molecule has 104 valence electrons. The molecular weight excluding hydrogens is 247 g/mol. The number of primary amides is 1. The number of carbonyl (C=O) groups excluding carboxylic acids is 1. The van der Waals surface area contributed by atoms with Crippen LogP contribution in [0.3, 0.4) is 0 Å². The summed E-state index contributed by atoms with van der Waals surface area (Å²) in [6.45, 7) is 4.77. The molecule has 0 aromatic heterocycles. The third kappa shape index (κ3) is 3.44. The van der Waals surface area contributed by atoms with Gasteiger partial charge in [0.05, 0.1) is 11.2 Å². The van der Waals surface area contributed by atoms with Crippen LogP contribution in [0.2, 0.25) is 0 Å². The zero-order chi connectivity index (χ0) is 14.0. The van der Waals surface area contributed by atoms with Crippen LogP contribution in [0.1, 0.15) is 37.0 Å². The van der Waals surface area contributed by atoms with E-state index in [1.54, 1.807) is 6.07 Å². The van der Waals surface area contributed by atoms with Gasteiger partial charge in [0.2, 0.25) is 0 Å². The Balaban J connectivity index is 2.11. The Hall–Kier alpha value is -1.62. The lowest BCUT2D eigenvalue weighted by molar-refractivity contribution is -0.0553. The first-order valence-corrected chi connectivity index (χ1v) is 6.37. The van der Waals surface area contributed by atoms with Crippen LogP contribution in [-0.4, -0.2) is 24.2 Å². The average molecular weight is 266 g/mol. The Bertz CT molecular complexity index is 488. The summed E-state index contributed by atoms with van der Waals surface area (Å²) in [5.41, 5.74) is 5.59. The fraction of sp³-hybridized carbons (Fsp3) is 0.500. The smallest absolute Gasteiger partial charge is 0.251 e. The molecule has 1 atom stereocenters. The van der Waals surface area contributed by atoms with Gasteiger partial charge in [-0.2, -0.15) is 0 Å². The molecule has 0 saturated carbocycles. The van der Waals surface area contributed by atoms with Crippen molar-refractivity contribution in [3.63, 3.8) is 0 Å². The molecule has 0 spiro atoms. The Labute approximate surface area is 112 Å². The minimum Gasteiger partial charge on any atom is -0.382 e. The second-order valence-corrected chi connectivity index (χ2v) is 5.50. The first-order valence-electron chi connectivity index (χ1n) is 6.37. The molecule has 1 amide bonds. The van der Waals surface area contributed by atoms with Crippen molar-refractivity contribution in [2.75, 3.05) is 11.9 Å². The molecule has 1 saturated heterocycles. The number of anilines is 1. The standard InChI is InChI=1S/C14H19FN2O2/c1-14(2)8-10(5-6-19-14)17-9-3-4-12(15)11(7-9)13(16)18/h3-4,7,10,17H,5-6,8H2,1-2H3,(H2,16,18). The van der Waals surface area contributed by atoms with E-state index in [2.05, 4.69) is 5.32 Å². The number of nitrogens with one attached hydrogen (secondary N) is 1. The Morgan fingerprint density at radius 1 is 1.53 bits per heavy atom. The highest BCUT2D eigenvalue weighted by molar-refractivity contribution is 5.94. The average Bonchev–Trinajstić information content (AvgIpc) is 2.30. The van der Waals surface area contributed by atoms with Crippen molar-refractivity contribution in [3.05, 3.63) is 29.6 Å². The third-order valence-corrected chi connectivity index (χ3v) is 3.30. The number of halogens is 1. The Morgan fingerprint density at radius 2 is 2.26 bits per heavy atom. The number of ether oxygens (including phenoxy) is 1. The number of amides is 1. The van der Waals surface area contributed by atoms with Crippen LogP contribution in [-0.2, 0) is 4.74 Å². The fourth-order valence-electron chi connectivity index (χ4n) is 2.39. The van der Waals surface area contributed by atoms with Gasteiger partial charge in [-0.25, -0.2) is 4.39 Å². The molecule has 0 radical (unpaired) electrons. The largest absolute Gasteiger partial charge is 0.382 e. The summed E-state index contributed by atoms with van der Waals surface area (Å²) in [6, 6.07) is 4.58. The van der Waals surface area contributed by atoms with E-state index in [-0.39, 0.29) is 17.2 Å². The van der Waals surface area contributed by atoms with Crippen molar-refractivity contribution in [2.45, 2.75) is 38.3 Å². The van der Waals surface area contributed by atoms with E-state index in [9.17, 15) is 9.18 Å². The molecule has 5 heteroatoms. The summed E-state index contributed by atoms with van der Waals surface area (Å²) in [5.74, 6) is -1.35. The summed E-state index contributed by atoms with van der Waals surface area (Å²) < 4.78 is 19.0. The van der Waals surface area contributed by atoms with Crippen LogP contribution in [0.25, 0.3) is 0 Å². The van der Waals surface area contributed by atoms with Gasteiger partial charge in [-0.1, -0.05) is 0 Å². The molecule has 19 heavy (non-hydrogen) atoms. The maximum Gasteiger partial charge on any atom is 0.251 e. The normalized spacial score (nSPS) is 21.9. The summed E-state index contributed by atoms with van der Waals surface area (Å²) >= 11 is 0. The monoisotopic (exact) mass is 266 g/mol. The van der Waals surface area contributed by atoms with Crippen molar-refractivity contribution in [2.24, 2.45) is 5.73 Å². The number of hydrogen-bond donors (Lipinski definition) is 2. The van der Waals surface area contributed by atoms with Gasteiger partial charge in [-0.15, -0.1) is 0 Å². The molecule has 1 unspecified atom stereocenters. The Morgan fingerprint density at radius 3 is 2.89 bits per heavy atom. The van der Waals surface area contributed by atoms with E-state index in [4.69, 9.17) is 10.5 Å². The molecule has 2 rings (SSSR count). The van der Waals surface area contributed by atoms with Crippen LogP contribution in [0, 0.1) is 5.82 Å². The second-order valence-electron chi connectivity index (χ2n) is 5.50. The molecule has 3 N–H and O–H groups in total. The summed E-state index contributed by atoms with van der Waals surface area (Å²) in [4.78, 5) is 11.1. The predicted molar refractivity (Wildman–Crippen MR) is 71.6 cm³/mol. The van der Waals surface area contributed by atoms with Gasteiger partial charge in [0.25, 0.3) is 5.91 Å². The maximum atomic E-state index is 13.4. The molecule has 1 fully saturated rings. The molecule has 1 aromatic carbocycles. The summed E-state index contributed by atoms with van der Waals surface area (Å²) in [6.07, 6.45) is 1.74.